The van der Waals surface area contributed by atoms with Gasteiger partial charge >= 0.3 is 0 Å². The minimum atomic E-state index is -0.348. The predicted molar refractivity (Wildman–Crippen MR) is 87.3 cm³/mol. The summed E-state index contributed by atoms with van der Waals surface area (Å²) in [5.74, 6) is 0.176. The van der Waals surface area contributed by atoms with E-state index in [4.69, 9.17) is 4.74 Å². The topological polar surface area (TPSA) is 26.3 Å². The van der Waals surface area contributed by atoms with Crippen LogP contribution in [0.3, 0.4) is 0 Å². The first-order chi connectivity index (χ1) is 10.1. The Kier molecular flexibility index (Phi) is 5.94. The molecular weight excluding hydrogens is 403 g/mol. The Morgan fingerprint density at radius 2 is 1.81 bits per heavy atom. The molecule has 0 atom stereocenters. The van der Waals surface area contributed by atoms with Gasteiger partial charge in [0, 0.05) is 22.5 Å². The van der Waals surface area contributed by atoms with Crippen LogP contribution in [0.25, 0.3) is 0 Å². The fraction of sp³-hybridized carbons (Fsp3) is 0.188. The zero-order valence-corrected chi connectivity index (χ0v) is 14.3. The van der Waals surface area contributed by atoms with E-state index in [1.165, 1.54) is 12.1 Å². The Labute approximate surface area is 139 Å². The number of benzene rings is 2. The van der Waals surface area contributed by atoms with Crippen molar-refractivity contribution in [2.24, 2.45) is 0 Å². The van der Waals surface area contributed by atoms with Crippen LogP contribution in [0.5, 0.6) is 5.75 Å². The normalized spacial score (nSPS) is 10.4. The highest BCUT2D eigenvalue weighted by atomic mass is 79.9. The van der Waals surface area contributed by atoms with Gasteiger partial charge in [-0.2, -0.15) is 0 Å². The number of carbonyl (C=O) groups excluding carboxylic acids is 1. The summed E-state index contributed by atoms with van der Waals surface area (Å²) in [6, 6.07) is 11.5. The van der Waals surface area contributed by atoms with Gasteiger partial charge in [-0.25, -0.2) is 4.39 Å². The van der Waals surface area contributed by atoms with Crippen LogP contribution >= 0.6 is 31.9 Å². The molecule has 0 unspecified atom stereocenters. The van der Waals surface area contributed by atoms with Crippen LogP contribution in [-0.2, 0) is 0 Å². The summed E-state index contributed by atoms with van der Waals surface area (Å²) in [5.41, 5.74) is 0.685. The first-order valence-electron chi connectivity index (χ1n) is 6.43. The molecule has 0 fully saturated rings. The molecule has 110 valence electrons. The molecule has 2 rings (SSSR count). The van der Waals surface area contributed by atoms with Crippen molar-refractivity contribution in [3.05, 3.63) is 62.8 Å². The highest BCUT2D eigenvalue weighted by Gasteiger charge is 2.07. The third kappa shape index (κ3) is 4.93. The molecule has 0 heterocycles. The van der Waals surface area contributed by atoms with Crippen LogP contribution in [0.15, 0.2) is 51.4 Å². The van der Waals surface area contributed by atoms with Crippen molar-refractivity contribution in [2.75, 3.05) is 6.61 Å². The number of carbonyl (C=O) groups is 1. The molecule has 2 nitrogen and oxygen atoms in total. The maximum atomic E-state index is 13.1. The summed E-state index contributed by atoms with van der Waals surface area (Å²) in [6.45, 7) is 0.365. The van der Waals surface area contributed by atoms with Crippen molar-refractivity contribution < 1.29 is 13.9 Å². The molecule has 0 aromatic heterocycles. The Morgan fingerprint density at radius 3 is 2.52 bits per heavy atom. The summed E-state index contributed by atoms with van der Waals surface area (Å²) in [7, 11) is 0. The molecule has 0 aliphatic rings. The summed E-state index contributed by atoms with van der Waals surface area (Å²) in [5, 5.41) is 0. The maximum absolute atomic E-state index is 13.1. The monoisotopic (exact) mass is 414 g/mol. The Balaban J connectivity index is 1.80. The smallest absolute Gasteiger partial charge is 0.163 e. The van der Waals surface area contributed by atoms with Crippen molar-refractivity contribution in [2.45, 2.75) is 12.8 Å². The Bertz CT molecular complexity index is 627. The minimum absolute atomic E-state index is 0.0735. The molecule has 0 saturated heterocycles. The van der Waals surface area contributed by atoms with Crippen LogP contribution in [0, 0.1) is 5.82 Å². The second-order valence-corrected chi connectivity index (χ2v) is 6.23. The Morgan fingerprint density at radius 1 is 1.10 bits per heavy atom. The number of hydrogen-bond acceptors (Lipinski definition) is 2. The van der Waals surface area contributed by atoms with Gasteiger partial charge in [0.15, 0.2) is 5.78 Å². The first kappa shape index (κ1) is 16.2. The molecule has 2 aromatic carbocycles. The van der Waals surface area contributed by atoms with Crippen LogP contribution in [0.2, 0.25) is 0 Å². The highest BCUT2D eigenvalue weighted by Crippen LogP contribution is 2.25. The predicted octanol–water partition coefficient (Wildman–Crippen LogP) is 5.39. The van der Waals surface area contributed by atoms with E-state index in [9.17, 15) is 9.18 Å². The third-order valence-electron chi connectivity index (χ3n) is 2.87. The van der Waals surface area contributed by atoms with Crippen molar-refractivity contribution in [1.29, 1.82) is 0 Å². The van der Waals surface area contributed by atoms with E-state index >= 15 is 0 Å². The van der Waals surface area contributed by atoms with Gasteiger partial charge in [-0.3, -0.25) is 4.79 Å². The molecule has 0 aliphatic carbocycles. The van der Waals surface area contributed by atoms with Crippen LogP contribution in [0.4, 0.5) is 4.39 Å². The van der Waals surface area contributed by atoms with Gasteiger partial charge in [0.1, 0.15) is 11.6 Å². The summed E-state index contributed by atoms with van der Waals surface area (Å²) >= 11 is 6.62. The Hall–Kier alpha value is -1.20. The zero-order valence-electron chi connectivity index (χ0n) is 11.1. The molecule has 5 heteroatoms. The lowest BCUT2D eigenvalue weighted by Gasteiger charge is -2.08. The number of ketones is 1. The maximum Gasteiger partial charge on any atom is 0.163 e. The minimum Gasteiger partial charge on any atom is -0.492 e. The standard InChI is InChI=1S/C16H13Br2FO2/c17-12-5-3-11(4-6-12)15(20)2-1-9-21-16-10-13(19)7-8-14(16)18/h3-8,10H,1-2,9H2. The average molecular weight is 416 g/mol. The van der Waals surface area contributed by atoms with E-state index in [-0.39, 0.29) is 11.6 Å². The van der Waals surface area contributed by atoms with E-state index in [1.54, 1.807) is 18.2 Å². The lowest BCUT2D eigenvalue weighted by molar-refractivity contribution is 0.0973. The van der Waals surface area contributed by atoms with E-state index in [1.807, 2.05) is 12.1 Å². The van der Waals surface area contributed by atoms with Crippen molar-refractivity contribution in [3.8, 4) is 5.75 Å². The average Bonchev–Trinajstić information content (AvgIpc) is 2.47. The molecule has 2 aromatic rings. The second kappa shape index (κ2) is 7.71. The van der Waals surface area contributed by atoms with Gasteiger partial charge in [0.05, 0.1) is 11.1 Å². The number of halogens is 3. The lowest BCUT2D eigenvalue weighted by Crippen LogP contribution is -2.04. The van der Waals surface area contributed by atoms with Gasteiger partial charge in [0.25, 0.3) is 0 Å². The lowest BCUT2D eigenvalue weighted by atomic mass is 10.1. The van der Waals surface area contributed by atoms with Gasteiger partial charge in [-0.05, 0) is 46.6 Å². The van der Waals surface area contributed by atoms with Crippen molar-refractivity contribution in [1.82, 2.24) is 0 Å². The number of ether oxygens (including phenoxy) is 1. The molecular formula is C16H13Br2FO2. The fourth-order valence-electron chi connectivity index (χ4n) is 1.78. The molecule has 0 N–H and O–H groups in total. The summed E-state index contributed by atoms with van der Waals surface area (Å²) in [6.07, 6.45) is 0.979. The van der Waals surface area contributed by atoms with Crippen LogP contribution in [-0.4, -0.2) is 12.4 Å². The van der Waals surface area contributed by atoms with E-state index in [0.717, 1.165) is 4.47 Å². The molecule has 0 spiro atoms. The SMILES string of the molecule is O=C(CCCOc1cc(F)ccc1Br)c1ccc(Br)cc1. The van der Waals surface area contributed by atoms with Gasteiger partial charge in [-0.1, -0.05) is 28.1 Å². The number of rotatable bonds is 6. The van der Waals surface area contributed by atoms with Crippen molar-refractivity contribution >= 4 is 37.6 Å². The van der Waals surface area contributed by atoms with E-state index in [2.05, 4.69) is 31.9 Å². The number of Topliss-reactive ketones (excluding diaryl/α,β-unsaturated/α-hetero) is 1. The molecule has 0 aliphatic heterocycles. The first-order valence-corrected chi connectivity index (χ1v) is 8.01. The fourth-order valence-corrected chi connectivity index (χ4v) is 2.41. The van der Waals surface area contributed by atoms with Gasteiger partial charge < -0.3 is 4.74 Å². The molecule has 0 bridgehead atoms. The summed E-state index contributed by atoms with van der Waals surface area (Å²) in [4.78, 5) is 11.9. The highest BCUT2D eigenvalue weighted by molar-refractivity contribution is 9.10. The second-order valence-electron chi connectivity index (χ2n) is 4.46. The number of hydrogen-bond donors (Lipinski definition) is 0. The molecule has 0 amide bonds. The van der Waals surface area contributed by atoms with Gasteiger partial charge in [-0.15, -0.1) is 0 Å². The van der Waals surface area contributed by atoms with Gasteiger partial charge in [0.2, 0.25) is 0 Å². The van der Waals surface area contributed by atoms with E-state index in [0.29, 0.717) is 35.2 Å². The molecule has 21 heavy (non-hydrogen) atoms. The van der Waals surface area contributed by atoms with Crippen molar-refractivity contribution in [3.63, 3.8) is 0 Å². The third-order valence-corrected chi connectivity index (χ3v) is 4.05. The van der Waals surface area contributed by atoms with Crippen LogP contribution < -0.4 is 4.74 Å². The molecule has 0 saturated carbocycles. The summed E-state index contributed by atoms with van der Waals surface area (Å²) < 4.78 is 20.2. The molecule has 0 radical (unpaired) electrons. The zero-order chi connectivity index (χ0) is 15.2. The van der Waals surface area contributed by atoms with E-state index < -0.39 is 0 Å². The quantitative estimate of drug-likeness (QED) is 0.466. The largest absolute Gasteiger partial charge is 0.492 e. The van der Waals surface area contributed by atoms with Crippen LogP contribution in [0.1, 0.15) is 23.2 Å².